The van der Waals surface area contributed by atoms with Crippen LogP contribution in [0.15, 0.2) is 47.3 Å². The number of aromatic amines is 1. The van der Waals surface area contributed by atoms with Gasteiger partial charge in [-0.2, -0.15) is 9.78 Å². The Labute approximate surface area is 154 Å². The van der Waals surface area contributed by atoms with Crippen molar-refractivity contribution in [1.82, 2.24) is 29.6 Å². The number of imidazole rings is 1. The van der Waals surface area contributed by atoms with Gasteiger partial charge in [0.05, 0.1) is 30.5 Å². The van der Waals surface area contributed by atoms with Crippen molar-refractivity contribution >= 4 is 17.0 Å². The summed E-state index contributed by atoms with van der Waals surface area (Å²) in [4.78, 5) is 25.8. The molecule has 11 heteroatoms. The zero-order valence-electron chi connectivity index (χ0n) is 14.0. The van der Waals surface area contributed by atoms with E-state index in [1.807, 2.05) is 0 Å². The Morgan fingerprint density at radius 2 is 2.07 bits per heavy atom. The van der Waals surface area contributed by atoms with Crippen molar-refractivity contribution in [3.05, 3.63) is 65.8 Å². The lowest BCUT2D eigenvalue weighted by atomic mass is 10.2. The lowest BCUT2D eigenvalue weighted by molar-refractivity contribution is -0.213. The number of carbonyl (C=O) groups excluding carboxylic acids is 1. The highest BCUT2D eigenvalue weighted by molar-refractivity contribution is 5.93. The summed E-state index contributed by atoms with van der Waals surface area (Å²) < 4.78 is 45.0. The number of para-hydroxylation sites is 2. The van der Waals surface area contributed by atoms with E-state index < -0.39 is 23.9 Å². The first kappa shape index (κ1) is 16.5. The van der Waals surface area contributed by atoms with Crippen LogP contribution in [0.5, 0.6) is 0 Å². The van der Waals surface area contributed by atoms with Crippen LogP contribution in [0.1, 0.15) is 33.8 Å². The number of hydrogen-bond donors (Lipinski definition) is 1. The Morgan fingerprint density at radius 1 is 1.25 bits per heavy atom. The van der Waals surface area contributed by atoms with Gasteiger partial charge in [-0.15, -0.1) is 13.2 Å². The number of amides is 1. The van der Waals surface area contributed by atoms with Crippen LogP contribution in [-0.4, -0.2) is 35.5 Å². The third-order valence-corrected chi connectivity index (χ3v) is 4.56. The lowest BCUT2D eigenvalue weighted by Crippen LogP contribution is -2.34. The van der Waals surface area contributed by atoms with Crippen molar-refractivity contribution in [2.24, 2.45) is 0 Å². The summed E-state index contributed by atoms with van der Waals surface area (Å²) in [6.07, 6.45) is -2.42. The molecule has 1 amide bonds. The van der Waals surface area contributed by atoms with E-state index in [0.29, 0.717) is 22.5 Å². The van der Waals surface area contributed by atoms with Gasteiger partial charge in [-0.25, -0.2) is 9.97 Å². The molecule has 1 aromatic carbocycles. The summed E-state index contributed by atoms with van der Waals surface area (Å²) in [5, 5.41) is 3.23. The quantitative estimate of drug-likeness (QED) is 0.570. The number of benzene rings is 1. The fourth-order valence-corrected chi connectivity index (χ4v) is 3.36. The third kappa shape index (κ3) is 2.39. The minimum absolute atomic E-state index is 0.0423. The molecule has 0 saturated heterocycles. The van der Waals surface area contributed by atoms with Crippen LogP contribution in [0.3, 0.4) is 0 Å². The molecule has 0 fully saturated rings. The fourth-order valence-electron chi connectivity index (χ4n) is 3.36. The Morgan fingerprint density at radius 3 is 2.86 bits per heavy atom. The number of halogens is 3. The summed E-state index contributed by atoms with van der Waals surface area (Å²) in [7, 11) is 0. The van der Waals surface area contributed by atoms with Crippen molar-refractivity contribution in [1.29, 1.82) is 0 Å². The minimum atomic E-state index is -4.81. The second-order valence-electron chi connectivity index (χ2n) is 6.22. The highest BCUT2D eigenvalue weighted by atomic mass is 19.4. The summed E-state index contributed by atoms with van der Waals surface area (Å²) >= 11 is 0. The summed E-state index contributed by atoms with van der Waals surface area (Å²) in [5.41, 5.74) is 1.58. The van der Waals surface area contributed by atoms with E-state index in [1.165, 1.54) is 11.2 Å². The number of fused-ring (bicyclic) bond motifs is 2. The van der Waals surface area contributed by atoms with Crippen molar-refractivity contribution in [2.45, 2.75) is 18.9 Å². The molecule has 4 heterocycles. The number of nitrogens with one attached hydrogen (secondary N) is 1. The average molecular weight is 388 g/mol. The average Bonchev–Trinajstić information content (AvgIpc) is 3.40. The molecular weight excluding hydrogens is 377 g/mol. The molecule has 5 rings (SSSR count). The normalized spacial score (nSPS) is 16.7. The molecule has 0 unspecified atom stereocenters. The Hall–Kier alpha value is -3.63. The van der Waals surface area contributed by atoms with Gasteiger partial charge in [0.15, 0.2) is 11.6 Å². The number of H-pyrrole nitrogens is 1. The molecular formula is C17H11F3N6O2. The largest absolute Gasteiger partial charge is 0.505 e. The van der Waals surface area contributed by atoms with Crippen LogP contribution in [-0.2, 0) is 12.8 Å². The smallest absolute Gasteiger partial charge is 0.438 e. The van der Waals surface area contributed by atoms with Gasteiger partial charge in [-0.3, -0.25) is 4.79 Å². The van der Waals surface area contributed by atoms with E-state index in [1.54, 1.807) is 24.3 Å². The molecule has 0 bridgehead atoms. The molecule has 1 aliphatic rings. The summed E-state index contributed by atoms with van der Waals surface area (Å²) in [6.45, 7) is 0.0423. The molecule has 1 N–H and O–H groups in total. The maximum atomic E-state index is 13.2. The fraction of sp³-hybridized carbons (Fsp3) is 0.176. The maximum Gasteiger partial charge on any atom is 0.505 e. The lowest BCUT2D eigenvalue weighted by Gasteiger charge is -2.23. The van der Waals surface area contributed by atoms with Gasteiger partial charge in [-0.05, 0) is 18.2 Å². The predicted molar refractivity (Wildman–Crippen MR) is 87.8 cm³/mol. The SMILES string of the molecule is O=C(c1ccnn1C(F)(F)F)N1Cc2[nH]cnc2[C@H]1c1nc2ccccc2o1. The molecule has 3 aromatic heterocycles. The number of alkyl halides is 3. The van der Waals surface area contributed by atoms with Crippen LogP contribution in [0, 0.1) is 0 Å². The van der Waals surface area contributed by atoms with Gasteiger partial charge in [0.25, 0.3) is 5.91 Å². The van der Waals surface area contributed by atoms with E-state index in [0.717, 1.165) is 12.3 Å². The predicted octanol–water partition coefficient (Wildman–Crippen LogP) is 2.97. The molecule has 0 radical (unpaired) electrons. The van der Waals surface area contributed by atoms with Crippen molar-refractivity contribution in [2.75, 3.05) is 0 Å². The second-order valence-corrected chi connectivity index (χ2v) is 6.22. The Kier molecular flexibility index (Phi) is 3.36. The topological polar surface area (TPSA) is 92.8 Å². The zero-order valence-corrected chi connectivity index (χ0v) is 14.0. The molecule has 0 spiro atoms. The number of hydrogen-bond acceptors (Lipinski definition) is 5. The molecule has 28 heavy (non-hydrogen) atoms. The zero-order chi connectivity index (χ0) is 19.5. The van der Waals surface area contributed by atoms with Gasteiger partial charge in [0.1, 0.15) is 11.2 Å². The molecule has 1 aliphatic heterocycles. The monoisotopic (exact) mass is 388 g/mol. The summed E-state index contributed by atoms with van der Waals surface area (Å²) in [6, 6.07) is 7.20. The number of aromatic nitrogens is 5. The van der Waals surface area contributed by atoms with Crippen LogP contribution < -0.4 is 0 Å². The van der Waals surface area contributed by atoms with E-state index in [9.17, 15) is 18.0 Å². The van der Waals surface area contributed by atoms with E-state index >= 15 is 0 Å². The van der Waals surface area contributed by atoms with Crippen LogP contribution in [0.25, 0.3) is 11.1 Å². The molecule has 142 valence electrons. The van der Waals surface area contributed by atoms with Gasteiger partial charge in [0, 0.05) is 0 Å². The first-order valence-electron chi connectivity index (χ1n) is 8.23. The standard InChI is InChI=1S/C17H11F3N6O2/c18-17(19,20)26-11(5-6-23-26)16(27)25-7-10-13(22-8-21-10)14(25)15-24-9-3-1-2-4-12(9)28-15/h1-6,8,14H,7H2,(H,21,22)/t14-/m0/s1. The van der Waals surface area contributed by atoms with Gasteiger partial charge >= 0.3 is 6.30 Å². The Bertz CT molecular complexity index is 1160. The second kappa shape index (κ2) is 5.68. The highest BCUT2D eigenvalue weighted by Gasteiger charge is 2.43. The number of oxazole rings is 1. The maximum absolute atomic E-state index is 13.2. The van der Waals surface area contributed by atoms with E-state index in [4.69, 9.17) is 4.42 Å². The van der Waals surface area contributed by atoms with Crippen LogP contribution >= 0.6 is 0 Å². The molecule has 4 aromatic rings. The van der Waals surface area contributed by atoms with Crippen molar-refractivity contribution < 1.29 is 22.4 Å². The first-order chi connectivity index (χ1) is 13.4. The highest BCUT2D eigenvalue weighted by Crippen LogP contribution is 2.38. The minimum Gasteiger partial charge on any atom is -0.438 e. The van der Waals surface area contributed by atoms with Crippen molar-refractivity contribution in [3.8, 4) is 0 Å². The van der Waals surface area contributed by atoms with E-state index in [2.05, 4.69) is 20.1 Å². The molecule has 1 atom stereocenters. The number of nitrogens with zero attached hydrogens (tertiary/aromatic N) is 5. The first-order valence-corrected chi connectivity index (χ1v) is 8.23. The van der Waals surface area contributed by atoms with Crippen molar-refractivity contribution in [3.63, 3.8) is 0 Å². The Balaban J connectivity index is 1.60. The number of rotatable bonds is 2. The molecule has 0 saturated carbocycles. The van der Waals surface area contributed by atoms with Gasteiger partial charge in [0.2, 0.25) is 5.89 Å². The van der Waals surface area contributed by atoms with Crippen LogP contribution in [0.4, 0.5) is 13.2 Å². The molecule has 8 nitrogen and oxygen atoms in total. The van der Waals surface area contributed by atoms with Gasteiger partial charge in [-0.1, -0.05) is 12.1 Å². The summed E-state index contributed by atoms with van der Waals surface area (Å²) in [5.74, 6) is -0.674. The number of carbonyl (C=O) groups is 1. The van der Waals surface area contributed by atoms with E-state index in [-0.39, 0.29) is 17.1 Å². The van der Waals surface area contributed by atoms with Gasteiger partial charge < -0.3 is 14.3 Å². The third-order valence-electron chi connectivity index (χ3n) is 4.56. The molecule has 0 aliphatic carbocycles. The van der Waals surface area contributed by atoms with Crippen LogP contribution in [0.2, 0.25) is 0 Å².